The molecule has 2 atom stereocenters. The van der Waals surface area contributed by atoms with Crippen LogP contribution in [0, 0.1) is 11.3 Å². The van der Waals surface area contributed by atoms with Gasteiger partial charge in [0.1, 0.15) is 0 Å². The minimum atomic E-state index is 0.112. The Labute approximate surface area is 111 Å². The number of carbonyl (C=O) groups is 1. The van der Waals surface area contributed by atoms with Gasteiger partial charge in [0.2, 0.25) is 5.91 Å². The molecule has 18 heavy (non-hydrogen) atoms. The number of hydrogen-bond donors (Lipinski definition) is 1. The van der Waals surface area contributed by atoms with Crippen molar-refractivity contribution in [1.29, 1.82) is 0 Å². The summed E-state index contributed by atoms with van der Waals surface area (Å²) in [6, 6.07) is 0.413. The fourth-order valence-electron chi connectivity index (χ4n) is 3.62. The average Bonchev–Trinajstić information content (AvgIpc) is 2.71. The van der Waals surface area contributed by atoms with E-state index in [0.717, 1.165) is 25.8 Å². The van der Waals surface area contributed by atoms with Crippen LogP contribution in [-0.4, -0.2) is 29.9 Å². The third kappa shape index (κ3) is 2.71. The lowest BCUT2D eigenvalue weighted by atomic mass is 9.71. The molecule has 0 aromatic rings. The maximum Gasteiger partial charge on any atom is 0.223 e. The van der Waals surface area contributed by atoms with E-state index in [1.54, 1.807) is 0 Å². The van der Waals surface area contributed by atoms with E-state index < -0.39 is 0 Å². The summed E-state index contributed by atoms with van der Waals surface area (Å²) in [6.07, 6.45) is 7.93. The van der Waals surface area contributed by atoms with Crippen LogP contribution in [0.4, 0.5) is 0 Å². The predicted octanol–water partition coefficient (Wildman–Crippen LogP) is 2.54. The van der Waals surface area contributed by atoms with Gasteiger partial charge in [0.15, 0.2) is 0 Å². The summed E-state index contributed by atoms with van der Waals surface area (Å²) >= 11 is 0. The number of rotatable bonds is 3. The number of likely N-dealkylation sites (tertiary alicyclic amines) is 1. The summed E-state index contributed by atoms with van der Waals surface area (Å²) in [6.45, 7) is 6.06. The van der Waals surface area contributed by atoms with Crippen LogP contribution in [-0.2, 0) is 4.79 Å². The molecule has 3 nitrogen and oxygen atoms in total. The first kappa shape index (κ1) is 13.9. The summed E-state index contributed by atoms with van der Waals surface area (Å²) in [4.78, 5) is 14.6. The summed E-state index contributed by atoms with van der Waals surface area (Å²) in [5.74, 6) is 0.994. The molecule has 0 aromatic carbocycles. The van der Waals surface area contributed by atoms with E-state index in [4.69, 9.17) is 5.73 Å². The lowest BCUT2D eigenvalue weighted by molar-refractivity contribution is -0.135. The van der Waals surface area contributed by atoms with Crippen molar-refractivity contribution in [2.24, 2.45) is 17.1 Å². The number of amides is 1. The van der Waals surface area contributed by atoms with Crippen molar-refractivity contribution in [3.05, 3.63) is 0 Å². The Balaban J connectivity index is 1.97. The zero-order valence-corrected chi connectivity index (χ0v) is 12.0. The fourth-order valence-corrected chi connectivity index (χ4v) is 3.62. The summed E-state index contributed by atoms with van der Waals surface area (Å²) in [5.41, 5.74) is 6.09. The van der Waals surface area contributed by atoms with Crippen LogP contribution in [0.3, 0.4) is 0 Å². The van der Waals surface area contributed by atoms with Crippen LogP contribution in [0.25, 0.3) is 0 Å². The lowest BCUT2D eigenvalue weighted by Crippen LogP contribution is -2.42. The normalized spacial score (nSPS) is 31.6. The quantitative estimate of drug-likeness (QED) is 0.839. The van der Waals surface area contributed by atoms with Gasteiger partial charge in [0.25, 0.3) is 0 Å². The standard InChI is InChI=1S/C15H28N2O/c1-12-6-9-17(13(12)2)14(18)10-15(11-16)7-4-3-5-8-15/h12-13H,3-11,16H2,1-2H3. The largest absolute Gasteiger partial charge is 0.340 e. The molecular weight excluding hydrogens is 224 g/mol. The molecule has 2 N–H and O–H groups in total. The highest BCUT2D eigenvalue weighted by molar-refractivity contribution is 5.77. The minimum Gasteiger partial charge on any atom is -0.340 e. The average molecular weight is 252 g/mol. The Bertz CT molecular complexity index is 297. The second kappa shape index (κ2) is 5.60. The van der Waals surface area contributed by atoms with Gasteiger partial charge in [0, 0.05) is 19.0 Å². The van der Waals surface area contributed by atoms with E-state index >= 15 is 0 Å². The zero-order chi connectivity index (χ0) is 13.2. The van der Waals surface area contributed by atoms with Gasteiger partial charge in [-0.3, -0.25) is 4.79 Å². The van der Waals surface area contributed by atoms with E-state index in [9.17, 15) is 4.79 Å². The molecule has 3 heteroatoms. The molecule has 2 fully saturated rings. The van der Waals surface area contributed by atoms with Gasteiger partial charge >= 0.3 is 0 Å². The van der Waals surface area contributed by atoms with Gasteiger partial charge in [-0.1, -0.05) is 26.2 Å². The van der Waals surface area contributed by atoms with Gasteiger partial charge in [-0.25, -0.2) is 0 Å². The van der Waals surface area contributed by atoms with Crippen LogP contribution in [0.2, 0.25) is 0 Å². The Morgan fingerprint density at radius 1 is 1.28 bits per heavy atom. The van der Waals surface area contributed by atoms with Crippen molar-refractivity contribution >= 4 is 5.91 Å². The summed E-state index contributed by atoms with van der Waals surface area (Å²) in [7, 11) is 0. The maximum absolute atomic E-state index is 12.5. The molecule has 0 aromatic heterocycles. The first-order valence-electron chi connectivity index (χ1n) is 7.57. The van der Waals surface area contributed by atoms with E-state index in [2.05, 4.69) is 18.7 Å². The first-order valence-corrected chi connectivity index (χ1v) is 7.57. The predicted molar refractivity (Wildman–Crippen MR) is 74.1 cm³/mol. The highest BCUT2D eigenvalue weighted by Crippen LogP contribution is 2.39. The first-order chi connectivity index (χ1) is 8.58. The van der Waals surface area contributed by atoms with Gasteiger partial charge < -0.3 is 10.6 Å². The van der Waals surface area contributed by atoms with Crippen molar-refractivity contribution in [1.82, 2.24) is 4.90 Å². The van der Waals surface area contributed by atoms with Crippen LogP contribution >= 0.6 is 0 Å². The molecule has 0 spiro atoms. The number of hydrogen-bond acceptors (Lipinski definition) is 2. The van der Waals surface area contributed by atoms with E-state index in [-0.39, 0.29) is 5.41 Å². The van der Waals surface area contributed by atoms with Gasteiger partial charge in [-0.2, -0.15) is 0 Å². The lowest BCUT2D eigenvalue weighted by Gasteiger charge is -2.37. The van der Waals surface area contributed by atoms with Crippen molar-refractivity contribution in [2.45, 2.75) is 64.8 Å². The van der Waals surface area contributed by atoms with Gasteiger partial charge in [-0.15, -0.1) is 0 Å². The Kier molecular flexibility index (Phi) is 4.31. The molecule has 2 unspecified atom stereocenters. The third-order valence-electron chi connectivity index (χ3n) is 5.33. The molecule has 0 radical (unpaired) electrons. The number of carbonyl (C=O) groups excluding carboxylic acids is 1. The topological polar surface area (TPSA) is 46.3 Å². The summed E-state index contributed by atoms with van der Waals surface area (Å²) in [5, 5.41) is 0. The van der Waals surface area contributed by atoms with Crippen molar-refractivity contribution in [3.8, 4) is 0 Å². The van der Waals surface area contributed by atoms with Crippen LogP contribution in [0.15, 0.2) is 0 Å². The van der Waals surface area contributed by atoms with Crippen LogP contribution in [0.5, 0.6) is 0 Å². The highest BCUT2D eigenvalue weighted by atomic mass is 16.2. The zero-order valence-electron chi connectivity index (χ0n) is 12.0. The highest BCUT2D eigenvalue weighted by Gasteiger charge is 2.37. The molecule has 2 rings (SSSR count). The van der Waals surface area contributed by atoms with Crippen molar-refractivity contribution in [3.63, 3.8) is 0 Å². The molecule has 1 heterocycles. The Morgan fingerprint density at radius 3 is 2.44 bits per heavy atom. The van der Waals surface area contributed by atoms with Crippen molar-refractivity contribution < 1.29 is 4.79 Å². The number of nitrogens with zero attached hydrogens (tertiary/aromatic N) is 1. The Morgan fingerprint density at radius 2 is 1.94 bits per heavy atom. The molecular formula is C15H28N2O. The monoisotopic (exact) mass is 252 g/mol. The molecule has 1 amide bonds. The van der Waals surface area contributed by atoms with Crippen molar-refractivity contribution in [2.75, 3.05) is 13.1 Å². The fraction of sp³-hybridized carbons (Fsp3) is 0.933. The van der Waals surface area contributed by atoms with Gasteiger partial charge in [-0.05, 0) is 44.1 Å². The number of nitrogens with two attached hydrogens (primary N) is 1. The summed E-state index contributed by atoms with van der Waals surface area (Å²) < 4.78 is 0. The van der Waals surface area contributed by atoms with E-state index in [1.165, 1.54) is 19.3 Å². The van der Waals surface area contributed by atoms with E-state index in [0.29, 0.717) is 30.8 Å². The van der Waals surface area contributed by atoms with Crippen LogP contribution < -0.4 is 5.73 Å². The molecule has 1 saturated carbocycles. The van der Waals surface area contributed by atoms with Gasteiger partial charge in [0.05, 0.1) is 0 Å². The molecule has 1 saturated heterocycles. The molecule has 1 aliphatic carbocycles. The Hall–Kier alpha value is -0.570. The second-order valence-electron chi connectivity index (χ2n) is 6.54. The molecule has 104 valence electrons. The molecule has 2 aliphatic rings. The van der Waals surface area contributed by atoms with Crippen LogP contribution in [0.1, 0.15) is 58.8 Å². The van der Waals surface area contributed by atoms with E-state index in [1.807, 2.05) is 0 Å². The smallest absolute Gasteiger partial charge is 0.223 e. The molecule has 1 aliphatic heterocycles. The maximum atomic E-state index is 12.5. The molecule has 0 bridgehead atoms. The minimum absolute atomic E-state index is 0.112. The SMILES string of the molecule is CC1CCN(C(=O)CC2(CN)CCCCC2)C1C. The third-order valence-corrected chi connectivity index (χ3v) is 5.33. The second-order valence-corrected chi connectivity index (χ2v) is 6.54.